The number of pyridine rings is 1. The Hall–Kier alpha value is -1.22. The summed E-state index contributed by atoms with van der Waals surface area (Å²) in [6, 6.07) is 3.47. The summed E-state index contributed by atoms with van der Waals surface area (Å²) >= 11 is 0. The van der Waals surface area contributed by atoms with Crippen molar-refractivity contribution in [3.63, 3.8) is 0 Å². The third-order valence-corrected chi connectivity index (χ3v) is 2.06. The number of ketones is 1. The molecule has 76 valence electrons. The first-order chi connectivity index (χ1) is 6.65. The molecule has 0 fully saturated rings. The Morgan fingerprint density at radius 3 is 2.79 bits per heavy atom. The van der Waals surface area contributed by atoms with Crippen molar-refractivity contribution in [2.75, 3.05) is 0 Å². The number of aromatic nitrogens is 1. The van der Waals surface area contributed by atoms with Crippen LogP contribution in [-0.2, 0) is 0 Å². The van der Waals surface area contributed by atoms with Gasteiger partial charge in [0, 0.05) is 17.5 Å². The zero-order chi connectivity index (χ0) is 10.6. The Bertz CT molecular complexity index is 306. The van der Waals surface area contributed by atoms with Gasteiger partial charge in [0.25, 0.3) is 0 Å². The molecule has 0 aliphatic heterocycles. The van der Waals surface area contributed by atoms with Crippen LogP contribution in [-0.4, -0.2) is 22.0 Å². The molecular formula is C11H15NO2. The molecule has 0 aromatic carbocycles. The van der Waals surface area contributed by atoms with Gasteiger partial charge in [-0.15, -0.1) is 0 Å². The topological polar surface area (TPSA) is 50.2 Å². The summed E-state index contributed by atoms with van der Waals surface area (Å²) in [5.74, 6) is -0.237. The first kappa shape index (κ1) is 10.9. The summed E-state index contributed by atoms with van der Waals surface area (Å²) in [4.78, 5) is 15.6. The SMILES string of the molecule is CCCC(O)C(=O)c1ccc(C)nc1. The molecule has 0 amide bonds. The molecule has 0 spiro atoms. The number of carbonyl (C=O) groups is 1. The van der Waals surface area contributed by atoms with Crippen LogP contribution >= 0.6 is 0 Å². The third kappa shape index (κ3) is 2.64. The van der Waals surface area contributed by atoms with E-state index in [1.54, 1.807) is 12.1 Å². The Kier molecular flexibility index (Phi) is 3.77. The highest BCUT2D eigenvalue weighted by atomic mass is 16.3. The van der Waals surface area contributed by atoms with E-state index in [-0.39, 0.29) is 5.78 Å². The van der Waals surface area contributed by atoms with E-state index in [1.807, 2.05) is 13.8 Å². The van der Waals surface area contributed by atoms with Gasteiger partial charge in [-0.1, -0.05) is 13.3 Å². The van der Waals surface area contributed by atoms with Crippen molar-refractivity contribution in [3.05, 3.63) is 29.6 Å². The molecule has 0 saturated heterocycles. The molecule has 3 nitrogen and oxygen atoms in total. The Morgan fingerprint density at radius 2 is 2.29 bits per heavy atom. The number of hydrogen-bond donors (Lipinski definition) is 1. The first-order valence-corrected chi connectivity index (χ1v) is 4.80. The van der Waals surface area contributed by atoms with E-state index in [0.717, 1.165) is 12.1 Å². The maximum atomic E-state index is 11.6. The molecule has 1 rings (SSSR count). The third-order valence-electron chi connectivity index (χ3n) is 2.06. The fraction of sp³-hybridized carbons (Fsp3) is 0.455. The van der Waals surface area contributed by atoms with Crippen molar-refractivity contribution in [1.82, 2.24) is 4.98 Å². The lowest BCUT2D eigenvalue weighted by Gasteiger charge is -2.07. The van der Waals surface area contributed by atoms with Gasteiger partial charge in [0.15, 0.2) is 5.78 Å². The monoisotopic (exact) mass is 193 g/mol. The molecule has 0 radical (unpaired) electrons. The molecule has 3 heteroatoms. The van der Waals surface area contributed by atoms with Gasteiger partial charge in [-0.3, -0.25) is 9.78 Å². The molecule has 1 N–H and O–H groups in total. The molecule has 0 bridgehead atoms. The molecule has 1 aromatic heterocycles. The van der Waals surface area contributed by atoms with Crippen molar-refractivity contribution < 1.29 is 9.90 Å². The molecule has 1 heterocycles. The zero-order valence-electron chi connectivity index (χ0n) is 8.53. The minimum atomic E-state index is -0.885. The van der Waals surface area contributed by atoms with Crippen LogP contribution in [0.1, 0.15) is 35.8 Å². The Morgan fingerprint density at radius 1 is 1.57 bits per heavy atom. The quantitative estimate of drug-likeness (QED) is 0.741. The van der Waals surface area contributed by atoms with Crippen LogP contribution in [0.25, 0.3) is 0 Å². The summed E-state index contributed by atoms with van der Waals surface area (Å²) < 4.78 is 0. The number of hydrogen-bond acceptors (Lipinski definition) is 3. The van der Waals surface area contributed by atoms with Crippen LogP contribution in [0.5, 0.6) is 0 Å². The molecule has 0 aliphatic rings. The highest BCUT2D eigenvalue weighted by molar-refractivity contribution is 5.98. The van der Waals surface area contributed by atoms with Crippen molar-refractivity contribution in [2.45, 2.75) is 32.8 Å². The van der Waals surface area contributed by atoms with Crippen LogP contribution in [0.4, 0.5) is 0 Å². The highest BCUT2D eigenvalue weighted by Gasteiger charge is 2.15. The fourth-order valence-corrected chi connectivity index (χ4v) is 1.21. The van der Waals surface area contributed by atoms with E-state index in [2.05, 4.69) is 4.98 Å². The van der Waals surface area contributed by atoms with Gasteiger partial charge in [0.05, 0.1) is 0 Å². The molecule has 0 aliphatic carbocycles. The number of Topliss-reactive ketones (excluding diaryl/α,β-unsaturated/α-hetero) is 1. The summed E-state index contributed by atoms with van der Waals surface area (Å²) in [5.41, 5.74) is 1.35. The number of carbonyl (C=O) groups excluding carboxylic acids is 1. The lowest BCUT2D eigenvalue weighted by atomic mass is 10.0. The predicted octanol–water partition coefficient (Wildman–Crippen LogP) is 1.73. The lowest BCUT2D eigenvalue weighted by molar-refractivity contribution is 0.0729. The largest absolute Gasteiger partial charge is 0.385 e. The molecule has 1 unspecified atom stereocenters. The average Bonchev–Trinajstić information content (AvgIpc) is 2.18. The summed E-state index contributed by atoms with van der Waals surface area (Å²) in [5, 5.41) is 9.46. The van der Waals surface area contributed by atoms with Crippen molar-refractivity contribution >= 4 is 5.78 Å². The van der Waals surface area contributed by atoms with Crippen LogP contribution in [0.15, 0.2) is 18.3 Å². The second-order valence-corrected chi connectivity index (χ2v) is 3.36. The van der Waals surface area contributed by atoms with E-state index in [4.69, 9.17) is 0 Å². The molecule has 0 saturated carbocycles. The van der Waals surface area contributed by atoms with Gasteiger partial charge in [0.1, 0.15) is 6.10 Å². The zero-order valence-corrected chi connectivity index (χ0v) is 8.53. The van der Waals surface area contributed by atoms with E-state index < -0.39 is 6.10 Å². The fourth-order valence-electron chi connectivity index (χ4n) is 1.21. The van der Waals surface area contributed by atoms with Crippen LogP contribution in [0.3, 0.4) is 0 Å². The van der Waals surface area contributed by atoms with Crippen molar-refractivity contribution in [3.8, 4) is 0 Å². The van der Waals surface area contributed by atoms with E-state index in [0.29, 0.717) is 12.0 Å². The van der Waals surface area contributed by atoms with Crippen LogP contribution in [0, 0.1) is 6.92 Å². The number of rotatable bonds is 4. The second-order valence-electron chi connectivity index (χ2n) is 3.36. The first-order valence-electron chi connectivity index (χ1n) is 4.80. The van der Waals surface area contributed by atoms with Gasteiger partial charge in [-0.25, -0.2) is 0 Å². The maximum Gasteiger partial charge on any atom is 0.192 e. The summed E-state index contributed by atoms with van der Waals surface area (Å²) in [6.45, 7) is 3.79. The van der Waals surface area contributed by atoms with Crippen molar-refractivity contribution in [2.24, 2.45) is 0 Å². The normalized spacial score (nSPS) is 12.5. The molecule has 1 aromatic rings. The summed E-state index contributed by atoms with van der Waals surface area (Å²) in [7, 11) is 0. The van der Waals surface area contributed by atoms with E-state index >= 15 is 0 Å². The maximum absolute atomic E-state index is 11.6. The lowest BCUT2D eigenvalue weighted by Crippen LogP contribution is -2.20. The minimum Gasteiger partial charge on any atom is -0.385 e. The smallest absolute Gasteiger partial charge is 0.192 e. The number of aliphatic hydroxyl groups is 1. The standard InChI is InChI=1S/C11H15NO2/c1-3-4-10(13)11(14)9-6-5-8(2)12-7-9/h5-7,10,13H,3-4H2,1-2H3. The van der Waals surface area contributed by atoms with Gasteiger partial charge in [-0.05, 0) is 25.5 Å². The number of aliphatic hydroxyl groups excluding tert-OH is 1. The highest BCUT2D eigenvalue weighted by Crippen LogP contribution is 2.07. The van der Waals surface area contributed by atoms with E-state index in [9.17, 15) is 9.90 Å². The minimum absolute atomic E-state index is 0.237. The number of aryl methyl sites for hydroxylation is 1. The summed E-state index contributed by atoms with van der Waals surface area (Å²) in [6.07, 6.45) is 1.93. The second kappa shape index (κ2) is 4.86. The number of nitrogens with zero attached hydrogens (tertiary/aromatic N) is 1. The predicted molar refractivity (Wildman–Crippen MR) is 54.2 cm³/mol. The van der Waals surface area contributed by atoms with Gasteiger partial charge >= 0.3 is 0 Å². The van der Waals surface area contributed by atoms with Crippen LogP contribution in [0.2, 0.25) is 0 Å². The Labute approximate surface area is 83.8 Å². The van der Waals surface area contributed by atoms with Gasteiger partial charge in [0.2, 0.25) is 0 Å². The van der Waals surface area contributed by atoms with E-state index in [1.165, 1.54) is 6.20 Å². The van der Waals surface area contributed by atoms with Gasteiger partial charge < -0.3 is 5.11 Å². The van der Waals surface area contributed by atoms with Crippen LogP contribution < -0.4 is 0 Å². The molecule has 1 atom stereocenters. The molecular weight excluding hydrogens is 178 g/mol. The average molecular weight is 193 g/mol. The Balaban J connectivity index is 2.74. The van der Waals surface area contributed by atoms with Gasteiger partial charge in [-0.2, -0.15) is 0 Å². The molecule has 14 heavy (non-hydrogen) atoms. The van der Waals surface area contributed by atoms with Crippen molar-refractivity contribution in [1.29, 1.82) is 0 Å².